The summed E-state index contributed by atoms with van der Waals surface area (Å²) >= 11 is 0. The van der Waals surface area contributed by atoms with E-state index < -0.39 is 0 Å². The van der Waals surface area contributed by atoms with Gasteiger partial charge in [-0.05, 0) is 58.2 Å². The molecular formula is C19H28FIN4O. The van der Waals surface area contributed by atoms with Crippen LogP contribution in [0.2, 0.25) is 0 Å². The summed E-state index contributed by atoms with van der Waals surface area (Å²) < 4.78 is 19.0. The number of hydrogen-bond donors (Lipinski definition) is 2. The first-order valence-electron chi connectivity index (χ1n) is 8.65. The number of benzene rings is 1. The lowest BCUT2D eigenvalue weighted by Crippen LogP contribution is -2.39. The Balaban J connectivity index is 0.00000338. The Morgan fingerprint density at radius 1 is 1.31 bits per heavy atom. The van der Waals surface area contributed by atoms with Crippen LogP contribution in [-0.4, -0.2) is 24.2 Å². The van der Waals surface area contributed by atoms with Gasteiger partial charge in [0.05, 0.1) is 11.7 Å². The Morgan fingerprint density at radius 2 is 2.04 bits per heavy atom. The van der Waals surface area contributed by atoms with E-state index in [4.69, 9.17) is 4.52 Å². The maximum Gasteiger partial charge on any atom is 0.191 e. The largest absolute Gasteiger partial charge is 0.361 e. The summed E-state index contributed by atoms with van der Waals surface area (Å²) in [5.41, 5.74) is 3.55. The van der Waals surface area contributed by atoms with Gasteiger partial charge in [-0.15, -0.1) is 24.0 Å². The molecule has 0 saturated heterocycles. The number of aliphatic imine (C=N–C) groups is 1. The van der Waals surface area contributed by atoms with Crippen molar-refractivity contribution in [3.05, 3.63) is 52.2 Å². The Morgan fingerprint density at radius 3 is 2.62 bits per heavy atom. The molecule has 1 aromatic heterocycles. The summed E-state index contributed by atoms with van der Waals surface area (Å²) in [6, 6.07) is 5.25. The zero-order chi connectivity index (χ0) is 18.4. The van der Waals surface area contributed by atoms with Crippen molar-refractivity contribution in [2.75, 3.05) is 13.1 Å². The number of rotatable bonds is 6. The second-order valence-corrected chi connectivity index (χ2v) is 6.19. The predicted octanol–water partition coefficient (Wildman–Crippen LogP) is 4.22. The quantitative estimate of drug-likeness (QED) is 0.374. The Kier molecular flexibility index (Phi) is 9.04. The first kappa shape index (κ1) is 22.4. The van der Waals surface area contributed by atoms with Crippen LogP contribution in [0.3, 0.4) is 0 Å². The maximum absolute atomic E-state index is 13.8. The standard InChI is InChI=1S/C19H27FN4O.HI/c1-6-21-19(22-10-9-17-14(4)24-25-15(17)5)23-13(3)16-8-7-12(2)18(20)11-16;/h7-8,11,13H,6,9-10H2,1-5H3,(H2,21,22,23);1H. The van der Waals surface area contributed by atoms with Crippen molar-refractivity contribution in [1.82, 2.24) is 15.8 Å². The van der Waals surface area contributed by atoms with Crippen LogP contribution in [0.25, 0.3) is 0 Å². The summed E-state index contributed by atoms with van der Waals surface area (Å²) in [6.45, 7) is 11.0. The molecule has 2 rings (SSSR count). The van der Waals surface area contributed by atoms with Crippen molar-refractivity contribution in [1.29, 1.82) is 0 Å². The van der Waals surface area contributed by atoms with E-state index in [-0.39, 0.29) is 35.8 Å². The lowest BCUT2D eigenvalue weighted by atomic mass is 10.1. The molecule has 0 aliphatic heterocycles. The molecule has 1 unspecified atom stereocenters. The first-order chi connectivity index (χ1) is 11.9. The van der Waals surface area contributed by atoms with E-state index in [1.807, 2.05) is 33.8 Å². The minimum atomic E-state index is -0.188. The molecule has 0 radical (unpaired) electrons. The van der Waals surface area contributed by atoms with Gasteiger partial charge >= 0.3 is 0 Å². The van der Waals surface area contributed by atoms with Gasteiger partial charge in [-0.2, -0.15) is 0 Å². The Bertz CT molecular complexity index is 726. The van der Waals surface area contributed by atoms with Crippen LogP contribution in [0.15, 0.2) is 27.7 Å². The molecule has 0 spiro atoms. The van der Waals surface area contributed by atoms with Crippen molar-refractivity contribution in [3.8, 4) is 0 Å². The predicted molar refractivity (Wildman–Crippen MR) is 114 cm³/mol. The van der Waals surface area contributed by atoms with E-state index in [2.05, 4.69) is 20.8 Å². The van der Waals surface area contributed by atoms with E-state index >= 15 is 0 Å². The molecule has 0 aliphatic rings. The van der Waals surface area contributed by atoms with Crippen LogP contribution in [-0.2, 0) is 6.42 Å². The fraction of sp³-hybridized carbons (Fsp3) is 0.474. The van der Waals surface area contributed by atoms with Crippen LogP contribution in [0, 0.1) is 26.6 Å². The molecule has 1 atom stereocenters. The third-order valence-electron chi connectivity index (χ3n) is 4.21. The minimum Gasteiger partial charge on any atom is -0.361 e. The van der Waals surface area contributed by atoms with Crippen LogP contribution < -0.4 is 10.6 Å². The number of aromatic nitrogens is 1. The molecule has 0 amide bonds. The molecular weight excluding hydrogens is 446 g/mol. The highest BCUT2D eigenvalue weighted by Gasteiger charge is 2.11. The van der Waals surface area contributed by atoms with Crippen LogP contribution >= 0.6 is 24.0 Å². The molecule has 0 aliphatic carbocycles. The number of nitrogens with one attached hydrogen (secondary N) is 2. The molecule has 1 heterocycles. The monoisotopic (exact) mass is 474 g/mol. The zero-order valence-corrected chi connectivity index (χ0v) is 18.3. The Hall–Kier alpha value is -1.64. The Labute approximate surface area is 171 Å². The summed E-state index contributed by atoms with van der Waals surface area (Å²) in [5, 5.41) is 10.5. The molecule has 144 valence electrons. The lowest BCUT2D eigenvalue weighted by molar-refractivity contribution is 0.392. The van der Waals surface area contributed by atoms with Crippen LogP contribution in [0.1, 0.15) is 48.0 Å². The molecule has 2 aromatic rings. The molecule has 2 N–H and O–H groups in total. The molecule has 7 heteroatoms. The average molecular weight is 474 g/mol. The second kappa shape index (κ2) is 10.5. The lowest BCUT2D eigenvalue weighted by Gasteiger charge is -2.18. The highest BCUT2D eigenvalue weighted by Crippen LogP contribution is 2.16. The van der Waals surface area contributed by atoms with Gasteiger partial charge in [-0.25, -0.2) is 4.39 Å². The number of halogens is 2. The minimum absolute atomic E-state index is 0. The molecule has 0 fully saturated rings. The molecule has 1 aromatic carbocycles. The second-order valence-electron chi connectivity index (χ2n) is 6.19. The smallest absolute Gasteiger partial charge is 0.191 e. The zero-order valence-electron chi connectivity index (χ0n) is 16.0. The van der Waals surface area contributed by atoms with Gasteiger partial charge < -0.3 is 15.2 Å². The van der Waals surface area contributed by atoms with Crippen molar-refractivity contribution < 1.29 is 8.91 Å². The summed E-state index contributed by atoms with van der Waals surface area (Å²) in [6.07, 6.45) is 0.769. The van der Waals surface area contributed by atoms with E-state index in [1.165, 1.54) is 0 Å². The third kappa shape index (κ3) is 5.96. The van der Waals surface area contributed by atoms with Crippen LogP contribution in [0.5, 0.6) is 0 Å². The first-order valence-corrected chi connectivity index (χ1v) is 8.65. The third-order valence-corrected chi connectivity index (χ3v) is 4.21. The summed E-state index contributed by atoms with van der Waals surface area (Å²) in [7, 11) is 0. The topological polar surface area (TPSA) is 62.5 Å². The number of nitrogens with zero attached hydrogens (tertiary/aromatic N) is 2. The maximum atomic E-state index is 13.8. The van der Waals surface area contributed by atoms with Gasteiger partial charge in [0.1, 0.15) is 11.6 Å². The number of aryl methyl sites for hydroxylation is 3. The molecule has 5 nitrogen and oxygen atoms in total. The molecule has 0 bridgehead atoms. The van der Waals surface area contributed by atoms with Gasteiger partial charge in [-0.3, -0.25) is 4.99 Å². The van der Waals surface area contributed by atoms with Crippen molar-refractivity contribution in [2.24, 2.45) is 4.99 Å². The summed E-state index contributed by atoms with van der Waals surface area (Å²) in [5.74, 6) is 1.36. The van der Waals surface area contributed by atoms with E-state index in [9.17, 15) is 4.39 Å². The highest BCUT2D eigenvalue weighted by atomic mass is 127. The van der Waals surface area contributed by atoms with Crippen molar-refractivity contribution in [3.63, 3.8) is 0 Å². The summed E-state index contributed by atoms with van der Waals surface area (Å²) in [4.78, 5) is 4.61. The normalized spacial score (nSPS) is 12.5. The fourth-order valence-corrected chi connectivity index (χ4v) is 2.63. The fourth-order valence-electron chi connectivity index (χ4n) is 2.63. The molecule has 26 heavy (non-hydrogen) atoms. The highest BCUT2D eigenvalue weighted by molar-refractivity contribution is 14.0. The van der Waals surface area contributed by atoms with E-state index in [0.29, 0.717) is 18.1 Å². The molecule has 0 saturated carbocycles. The van der Waals surface area contributed by atoms with Gasteiger partial charge in [0.25, 0.3) is 0 Å². The average Bonchev–Trinajstić information content (AvgIpc) is 2.89. The van der Waals surface area contributed by atoms with Crippen molar-refractivity contribution in [2.45, 2.75) is 47.1 Å². The van der Waals surface area contributed by atoms with Crippen LogP contribution in [0.4, 0.5) is 4.39 Å². The van der Waals surface area contributed by atoms with E-state index in [1.54, 1.807) is 19.1 Å². The number of hydrogen-bond acceptors (Lipinski definition) is 3. The van der Waals surface area contributed by atoms with Gasteiger partial charge in [0.2, 0.25) is 0 Å². The SMILES string of the molecule is CCNC(=NCCc1c(C)noc1C)NC(C)c1ccc(C)c(F)c1.I. The van der Waals surface area contributed by atoms with Gasteiger partial charge in [0.15, 0.2) is 5.96 Å². The van der Waals surface area contributed by atoms with Gasteiger partial charge in [0, 0.05) is 18.7 Å². The van der Waals surface area contributed by atoms with Gasteiger partial charge in [-0.1, -0.05) is 17.3 Å². The van der Waals surface area contributed by atoms with E-state index in [0.717, 1.165) is 35.5 Å². The number of guanidine groups is 1. The van der Waals surface area contributed by atoms with Crippen molar-refractivity contribution >= 4 is 29.9 Å².